The summed E-state index contributed by atoms with van der Waals surface area (Å²) in [5.41, 5.74) is 0. The highest BCUT2D eigenvalue weighted by Gasteiger charge is 2.15. The average Bonchev–Trinajstić information content (AvgIpc) is 2.46. The number of rotatable bonds is 6. The summed E-state index contributed by atoms with van der Waals surface area (Å²) < 4.78 is 10.0. The van der Waals surface area contributed by atoms with Crippen LogP contribution in [0, 0.1) is 0 Å². The van der Waals surface area contributed by atoms with Crippen molar-refractivity contribution in [1.29, 1.82) is 0 Å². The minimum absolute atomic E-state index is 0.0254. The number of hydrogen-bond donors (Lipinski definition) is 0. The van der Waals surface area contributed by atoms with Crippen LogP contribution in [0.5, 0.6) is 5.75 Å². The number of nitrogens with zero attached hydrogens (tertiary/aromatic N) is 1. The molecule has 0 fully saturated rings. The maximum Gasteiger partial charge on any atom is 0.344 e. The van der Waals surface area contributed by atoms with Crippen molar-refractivity contribution < 1.29 is 19.1 Å². The Morgan fingerprint density at radius 2 is 1.68 bits per heavy atom. The molecule has 0 spiro atoms. The van der Waals surface area contributed by atoms with Crippen molar-refractivity contribution in [3.05, 3.63) is 27.2 Å². The van der Waals surface area contributed by atoms with Gasteiger partial charge in [0.2, 0.25) is 0 Å². The molecule has 0 radical (unpaired) electrons. The van der Waals surface area contributed by atoms with E-state index in [-0.39, 0.29) is 39.4 Å². The van der Waals surface area contributed by atoms with Crippen LogP contribution in [0.15, 0.2) is 12.1 Å². The molecule has 5 nitrogen and oxygen atoms in total. The fraction of sp³-hybridized carbons (Fsp3) is 0.429. The summed E-state index contributed by atoms with van der Waals surface area (Å²) in [5.74, 6) is -0.776. The molecule has 0 bridgehead atoms. The maximum atomic E-state index is 11.7. The molecule has 1 amide bonds. The monoisotopic (exact) mass is 367 g/mol. The Morgan fingerprint density at radius 1 is 1.09 bits per heavy atom. The van der Waals surface area contributed by atoms with E-state index in [2.05, 4.69) is 0 Å². The van der Waals surface area contributed by atoms with Gasteiger partial charge in [0.15, 0.2) is 13.2 Å². The zero-order valence-electron chi connectivity index (χ0n) is 12.4. The van der Waals surface area contributed by atoms with Gasteiger partial charge in [0, 0.05) is 19.2 Å². The Balaban J connectivity index is 2.47. The van der Waals surface area contributed by atoms with Crippen LogP contribution < -0.4 is 4.74 Å². The van der Waals surface area contributed by atoms with E-state index in [1.807, 2.05) is 13.8 Å². The van der Waals surface area contributed by atoms with Crippen molar-refractivity contribution in [2.75, 3.05) is 20.3 Å². The van der Waals surface area contributed by atoms with Gasteiger partial charge in [-0.2, -0.15) is 0 Å². The molecule has 0 N–H and O–H groups in total. The second-order valence-corrected chi connectivity index (χ2v) is 5.97. The van der Waals surface area contributed by atoms with E-state index in [0.29, 0.717) is 0 Å². The molecule has 1 aromatic carbocycles. The lowest BCUT2D eigenvalue weighted by Crippen LogP contribution is -2.36. The molecule has 0 saturated carbocycles. The van der Waals surface area contributed by atoms with Crippen LogP contribution in [0.1, 0.15) is 13.8 Å². The predicted molar refractivity (Wildman–Crippen MR) is 85.8 cm³/mol. The van der Waals surface area contributed by atoms with Crippen LogP contribution in [-0.2, 0) is 14.3 Å². The van der Waals surface area contributed by atoms with Crippen molar-refractivity contribution in [3.8, 4) is 5.75 Å². The first-order valence-corrected chi connectivity index (χ1v) is 7.54. The number of amides is 1. The molecule has 0 unspecified atom stereocenters. The largest absolute Gasteiger partial charge is 0.480 e. The quantitative estimate of drug-likeness (QED) is 0.570. The molecule has 0 saturated heterocycles. The fourth-order valence-electron chi connectivity index (χ4n) is 1.33. The summed E-state index contributed by atoms with van der Waals surface area (Å²) in [6.07, 6.45) is 0. The van der Waals surface area contributed by atoms with Crippen molar-refractivity contribution in [2.45, 2.75) is 19.9 Å². The van der Waals surface area contributed by atoms with Gasteiger partial charge in [0.05, 0.1) is 15.1 Å². The van der Waals surface area contributed by atoms with Gasteiger partial charge in [-0.1, -0.05) is 34.8 Å². The lowest BCUT2D eigenvalue weighted by atomic mass is 10.3. The molecule has 0 aliphatic heterocycles. The summed E-state index contributed by atoms with van der Waals surface area (Å²) in [4.78, 5) is 24.7. The van der Waals surface area contributed by atoms with Crippen LogP contribution >= 0.6 is 34.8 Å². The van der Waals surface area contributed by atoms with E-state index < -0.39 is 12.6 Å². The SMILES string of the molecule is CC(C)N(C)C(=O)COC(=O)COc1cc(Cl)c(Cl)cc1Cl. The highest BCUT2D eigenvalue weighted by atomic mass is 35.5. The van der Waals surface area contributed by atoms with E-state index in [0.717, 1.165) is 0 Å². The third kappa shape index (κ3) is 5.55. The number of likely N-dealkylation sites (N-methyl/N-ethyl adjacent to an activating group) is 1. The van der Waals surface area contributed by atoms with Gasteiger partial charge in [0.1, 0.15) is 5.75 Å². The first-order valence-electron chi connectivity index (χ1n) is 6.41. The summed E-state index contributed by atoms with van der Waals surface area (Å²) in [6, 6.07) is 2.84. The predicted octanol–water partition coefficient (Wildman–Crippen LogP) is 3.44. The lowest BCUT2D eigenvalue weighted by molar-refractivity contribution is -0.153. The van der Waals surface area contributed by atoms with E-state index in [1.54, 1.807) is 7.05 Å². The van der Waals surface area contributed by atoms with Crippen molar-refractivity contribution in [3.63, 3.8) is 0 Å². The fourth-order valence-corrected chi connectivity index (χ4v) is 1.92. The van der Waals surface area contributed by atoms with Crippen molar-refractivity contribution >= 4 is 46.7 Å². The van der Waals surface area contributed by atoms with Gasteiger partial charge in [0.25, 0.3) is 5.91 Å². The Labute approximate surface area is 144 Å². The van der Waals surface area contributed by atoms with Gasteiger partial charge >= 0.3 is 5.97 Å². The van der Waals surface area contributed by atoms with Gasteiger partial charge < -0.3 is 14.4 Å². The summed E-state index contributed by atoms with van der Waals surface area (Å²) >= 11 is 17.5. The first kappa shape index (κ1) is 18.9. The van der Waals surface area contributed by atoms with Gasteiger partial charge in [-0.15, -0.1) is 0 Å². The Morgan fingerprint density at radius 3 is 2.27 bits per heavy atom. The second-order valence-electron chi connectivity index (χ2n) is 4.74. The van der Waals surface area contributed by atoms with E-state index in [9.17, 15) is 9.59 Å². The molecule has 0 aromatic heterocycles. The van der Waals surface area contributed by atoms with Crippen LogP contribution in [0.3, 0.4) is 0 Å². The number of ether oxygens (including phenoxy) is 2. The summed E-state index contributed by atoms with van der Waals surface area (Å²) in [5, 5.41) is 0.755. The van der Waals surface area contributed by atoms with Crippen LogP contribution in [0.25, 0.3) is 0 Å². The first-order chi connectivity index (χ1) is 10.2. The Kier molecular flexibility index (Phi) is 7.26. The number of carbonyl (C=O) groups excluding carboxylic acids is 2. The number of hydrogen-bond acceptors (Lipinski definition) is 4. The number of carbonyl (C=O) groups is 2. The highest BCUT2D eigenvalue weighted by molar-refractivity contribution is 6.43. The molecule has 22 heavy (non-hydrogen) atoms. The van der Waals surface area contributed by atoms with Gasteiger partial charge in [-0.3, -0.25) is 4.79 Å². The lowest BCUT2D eigenvalue weighted by Gasteiger charge is -2.21. The Hall–Kier alpha value is -1.17. The molecule has 0 heterocycles. The van der Waals surface area contributed by atoms with Crippen LogP contribution in [-0.4, -0.2) is 43.1 Å². The standard InChI is InChI=1S/C14H16Cl3NO4/c1-8(2)18(3)13(19)6-22-14(20)7-21-12-5-10(16)9(15)4-11(12)17/h4-5,8H,6-7H2,1-3H3. The number of benzene rings is 1. The van der Waals surface area contributed by atoms with Crippen molar-refractivity contribution in [2.24, 2.45) is 0 Å². The molecular formula is C14H16Cl3NO4. The Bertz CT molecular complexity index is 563. The smallest absolute Gasteiger partial charge is 0.344 e. The minimum Gasteiger partial charge on any atom is -0.480 e. The molecule has 1 aromatic rings. The average molecular weight is 369 g/mol. The summed E-state index contributed by atoms with van der Waals surface area (Å²) in [6.45, 7) is 2.98. The number of halogens is 3. The minimum atomic E-state index is -0.687. The van der Waals surface area contributed by atoms with E-state index in [1.165, 1.54) is 17.0 Å². The normalized spacial score (nSPS) is 10.5. The molecule has 122 valence electrons. The van der Waals surface area contributed by atoms with Gasteiger partial charge in [-0.05, 0) is 19.9 Å². The van der Waals surface area contributed by atoms with Crippen LogP contribution in [0.2, 0.25) is 15.1 Å². The molecule has 0 aliphatic rings. The molecule has 0 aliphatic carbocycles. The van der Waals surface area contributed by atoms with E-state index in [4.69, 9.17) is 44.3 Å². The zero-order chi connectivity index (χ0) is 16.9. The summed E-state index contributed by atoms with van der Waals surface area (Å²) in [7, 11) is 1.63. The molecule has 1 rings (SSSR count). The van der Waals surface area contributed by atoms with Crippen molar-refractivity contribution in [1.82, 2.24) is 4.90 Å². The number of esters is 1. The molecule has 8 heteroatoms. The topological polar surface area (TPSA) is 55.8 Å². The molecule has 0 atom stereocenters. The highest BCUT2D eigenvalue weighted by Crippen LogP contribution is 2.33. The molecular weight excluding hydrogens is 353 g/mol. The maximum absolute atomic E-state index is 11.7. The van der Waals surface area contributed by atoms with Crippen LogP contribution in [0.4, 0.5) is 0 Å². The third-order valence-corrected chi connectivity index (χ3v) is 3.86. The van der Waals surface area contributed by atoms with E-state index >= 15 is 0 Å². The zero-order valence-corrected chi connectivity index (χ0v) is 14.6. The van der Waals surface area contributed by atoms with Gasteiger partial charge in [-0.25, -0.2) is 4.79 Å². The third-order valence-electron chi connectivity index (χ3n) is 2.84. The second kappa shape index (κ2) is 8.46.